The summed E-state index contributed by atoms with van der Waals surface area (Å²) in [6, 6.07) is 11.9. The predicted octanol–water partition coefficient (Wildman–Crippen LogP) is 2.53. The molecule has 0 aliphatic heterocycles. The van der Waals surface area contributed by atoms with Crippen LogP contribution in [0.4, 0.5) is 0 Å². The molecule has 112 valence electrons. The minimum absolute atomic E-state index is 0.0977. The number of amides is 1. The highest BCUT2D eigenvalue weighted by molar-refractivity contribution is 5.94. The van der Waals surface area contributed by atoms with Crippen LogP contribution >= 0.6 is 0 Å². The van der Waals surface area contributed by atoms with Crippen LogP contribution in [0.5, 0.6) is 0 Å². The number of aliphatic hydroxyl groups excluding tert-OH is 1. The van der Waals surface area contributed by atoms with Crippen LogP contribution in [0, 0.1) is 13.8 Å². The third-order valence-corrected chi connectivity index (χ3v) is 3.63. The van der Waals surface area contributed by atoms with E-state index < -0.39 is 0 Å². The second-order valence-corrected chi connectivity index (χ2v) is 5.34. The fourth-order valence-corrected chi connectivity index (χ4v) is 2.54. The lowest BCUT2D eigenvalue weighted by atomic mass is 9.96. The number of aryl methyl sites for hydroxylation is 2. The molecule has 0 fully saturated rings. The monoisotopic (exact) mass is 286 g/mol. The number of aliphatic hydroxyl groups is 1. The number of carbonyl (C=O) groups excluding carboxylic acids is 1. The van der Waals surface area contributed by atoms with Crippen molar-refractivity contribution in [3.05, 3.63) is 58.9 Å². The Bertz CT molecular complexity index is 590. The van der Waals surface area contributed by atoms with Gasteiger partial charge in [0.15, 0.2) is 0 Å². The zero-order chi connectivity index (χ0) is 15.2. The summed E-state index contributed by atoms with van der Waals surface area (Å²) in [5.41, 5.74) is 3.67. The van der Waals surface area contributed by atoms with E-state index in [4.69, 9.17) is 0 Å². The quantitative estimate of drug-likeness (QED) is 0.764. The van der Waals surface area contributed by atoms with Gasteiger partial charge in [-0.3, -0.25) is 4.79 Å². The molecule has 1 aromatic carbocycles. The molecule has 0 aliphatic rings. The Hall–Kier alpha value is -2.07. The van der Waals surface area contributed by atoms with Gasteiger partial charge in [-0.2, -0.15) is 0 Å². The fourth-order valence-electron chi connectivity index (χ4n) is 2.54. The number of hydrogen-bond acceptors (Lipinski definition) is 2. The maximum absolute atomic E-state index is 12.2. The fraction of sp³-hybridized carbons (Fsp3) is 0.353. The normalized spacial score (nSPS) is 12.1. The summed E-state index contributed by atoms with van der Waals surface area (Å²) >= 11 is 0. The molecule has 1 aromatic heterocycles. The maximum Gasteiger partial charge on any atom is 0.267 e. The van der Waals surface area contributed by atoms with Crippen molar-refractivity contribution in [2.75, 3.05) is 13.2 Å². The van der Waals surface area contributed by atoms with E-state index >= 15 is 0 Å². The summed E-state index contributed by atoms with van der Waals surface area (Å²) in [5, 5.41) is 12.2. The lowest BCUT2D eigenvalue weighted by Crippen LogP contribution is -2.29. The van der Waals surface area contributed by atoms with Crippen LogP contribution < -0.4 is 5.32 Å². The van der Waals surface area contributed by atoms with Gasteiger partial charge in [-0.15, -0.1) is 0 Å². The van der Waals surface area contributed by atoms with Crippen molar-refractivity contribution < 1.29 is 9.90 Å². The van der Waals surface area contributed by atoms with Crippen molar-refractivity contribution in [3.63, 3.8) is 0 Å². The SMILES string of the molecule is Cc1cc(C)c(C(=O)NCC(CCO)c2ccccc2)[nH]1. The molecule has 4 nitrogen and oxygen atoms in total. The molecular weight excluding hydrogens is 264 g/mol. The Morgan fingerprint density at radius 2 is 2.00 bits per heavy atom. The summed E-state index contributed by atoms with van der Waals surface area (Å²) in [4.78, 5) is 15.3. The minimum atomic E-state index is -0.0977. The Balaban J connectivity index is 2.02. The zero-order valence-corrected chi connectivity index (χ0v) is 12.5. The molecule has 21 heavy (non-hydrogen) atoms. The number of aromatic amines is 1. The van der Waals surface area contributed by atoms with E-state index in [9.17, 15) is 9.90 Å². The number of rotatable bonds is 6. The van der Waals surface area contributed by atoms with Crippen LogP contribution in [-0.4, -0.2) is 29.1 Å². The van der Waals surface area contributed by atoms with E-state index in [1.807, 2.05) is 50.2 Å². The zero-order valence-electron chi connectivity index (χ0n) is 12.5. The van der Waals surface area contributed by atoms with Crippen molar-refractivity contribution >= 4 is 5.91 Å². The van der Waals surface area contributed by atoms with Crippen LogP contribution in [0.3, 0.4) is 0 Å². The number of aromatic nitrogens is 1. The Kier molecular flexibility index (Phi) is 5.17. The third kappa shape index (κ3) is 3.95. The van der Waals surface area contributed by atoms with Crippen molar-refractivity contribution in [3.8, 4) is 0 Å². The third-order valence-electron chi connectivity index (χ3n) is 3.63. The molecule has 0 spiro atoms. The van der Waals surface area contributed by atoms with Crippen molar-refractivity contribution in [1.29, 1.82) is 0 Å². The number of H-pyrrole nitrogens is 1. The van der Waals surface area contributed by atoms with Gasteiger partial charge in [-0.1, -0.05) is 30.3 Å². The summed E-state index contributed by atoms with van der Waals surface area (Å²) in [6.07, 6.45) is 0.632. The summed E-state index contributed by atoms with van der Waals surface area (Å²) < 4.78 is 0. The molecule has 0 aliphatic carbocycles. The van der Waals surface area contributed by atoms with E-state index in [1.165, 1.54) is 0 Å². The van der Waals surface area contributed by atoms with Crippen LogP contribution in [0.2, 0.25) is 0 Å². The first-order valence-corrected chi connectivity index (χ1v) is 7.22. The Morgan fingerprint density at radius 1 is 1.29 bits per heavy atom. The van der Waals surface area contributed by atoms with Gasteiger partial charge >= 0.3 is 0 Å². The molecule has 1 amide bonds. The molecule has 2 aromatic rings. The number of nitrogens with one attached hydrogen (secondary N) is 2. The van der Waals surface area contributed by atoms with Gasteiger partial charge < -0.3 is 15.4 Å². The van der Waals surface area contributed by atoms with Gasteiger partial charge in [-0.05, 0) is 37.5 Å². The predicted molar refractivity (Wildman–Crippen MR) is 83.5 cm³/mol. The topological polar surface area (TPSA) is 65.1 Å². The first kappa shape index (κ1) is 15.3. The lowest BCUT2D eigenvalue weighted by molar-refractivity contribution is 0.0944. The largest absolute Gasteiger partial charge is 0.396 e. The van der Waals surface area contributed by atoms with Gasteiger partial charge in [-0.25, -0.2) is 0 Å². The standard InChI is InChI=1S/C17H22N2O2/c1-12-10-13(2)19-16(12)17(21)18-11-15(8-9-20)14-6-4-3-5-7-14/h3-7,10,15,19-20H,8-9,11H2,1-2H3,(H,18,21). The molecule has 1 unspecified atom stereocenters. The summed E-state index contributed by atoms with van der Waals surface area (Å²) in [5.74, 6) is 0.0241. The molecule has 4 heteroatoms. The number of hydrogen-bond donors (Lipinski definition) is 3. The van der Waals surface area contributed by atoms with Gasteiger partial charge in [0.05, 0.1) is 0 Å². The lowest BCUT2D eigenvalue weighted by Gasteiger charge is -2.17. The Morgan fingerprint density at radius 3 is 2.57 bits per heavy atom. The highest BCUT2D eigenvalue weighted by Gasteiger charge is 2.15. The summed E-state index contributed by atoms with van der Waals surface area (Å²) in [6.45, 7) is 4.47. The van der Waals surface area contributed by atoms with Gasteiger partial charge in [0.2, 0.25) is 0 Å². The molecular formula is C17H22N2O2. The molecule has 0 saturated carbocycles. The Labute approximate surface area is 125 Å². The first-order valence-electron chi connectivity index (χ1n) is 7.22. The van der Waals surface area contributed by atoms with Gasteiger partial charge in [0, 0.05) is 24.8 Å². The smallest absolute Gasteiger partial charge is 0.267 e. The van der Waals surface area contributed by atoms with Crippen molar-refractivity contribution in [2.24, 2.45) is 0 Å². The van der Waals surface area contributed by atoms with E-state index in [0.29, 0.717) is 18.7 Å². The molecule has 2 rings (SSSR count). The molecule has 3 N–H and O–H groups in total. The van der Waals surface area contributed by atoms with E-state index in [2.05, 4.69) is 10.3 Å². The van der Waals surface area contributed by atoms with Crippen LogP contribution in [-0.2, 0) is 0 Å². The van der Waals surface area contributed by atoms with Gasteiger partial charge in [0.25, 0.3) is 5.91 Å². The minimum Gasteiger partial charge on any atom is -0.396 e. The molecule has 0 saturated heterocycles. The second kappa shape index (κ2) is 7.09. The van der Waals surface area contributed by atoms with E-state index in [0.717, 1.165) is 16.8 Å². The van der Waals surface area contributed by atoms with Crippen LogP contribution in [0.15, 0.2) is 36.4 Å². The average molecular weight is 286 g/mol. The molecule has 1 atom stereocenters. The van der Waals surface area contributed by atoms with Crippen molar-refractivity contribution in [2.45, 2.75) is 26.2 Å². The van der Waals surface area contributed by atoms with Crippen molar-refractivity contribution in [1.82, 2.24) is 10.3 Å². The maximum atomic E-state index is 12.2. The highest BCUT2D eigenvalue weighted by atomic mass is 16.3. The van der Waals surface area contributed by atoms with E-state index in [-0.39, 0.29) is 18.4 Å². The van der Waals surface area contributed by atoms with E-state index in [1.54, 1.807) is 0 Å². The number of carbonyl (C=O) groups is 1. The molecule has 1 heterocycles. The average Bonchev–Trinajstić information content (AvgIpc) is 2.83. The molecule has 0 radical (unpaired) electrons. The first-order chi connectivity index (χ1) is 10.1. The number of benzene rings is 1. The molecule has 0 bridgehead atoms. The van der Waals surface area contributed by atoms with Crippen LogP contribution in [0.25, 0.3) is 0 Å². The highest BCUT2D eigenvalue weighted by Crippen LogP contribution is 2.18. The van der Waals surface area contributed by atoms with Gasteiger partial charge in [0.1, 0.15) is 5.69 Å². The van der Waals surface area contributed by atoms with Crippen LogP contribution in [0.1, 0.15) is 39.6 Å². The second-order valence-electron chi connectivity index (χ2n) is 5.34. The summed E-state index contributed by atoms with van der Waals surface area (Å²) in [7, 11) is 0.